The number of hydrogen-bond donors (Lipinski definition) is 1. The summed E-state index contributed by atoms with van der Waals surface area (Å²) in [6.07, 6.45) is 1.69. The molecule has 0 unspecified atom stereocenters. The average Bonchev–Trinajstić information content (AvgIpc) is 2.86. The van der Waals surface area contributed by atoms with E-state index in [0.717, 1.165) is 0 Å². The van der Waals surface area contributed by atoms with E-state index in [1.165, 1.54) is 0 Å². The average molecular weight is 280 g/mol. The van der Waals surface area contributed by atoms with Gasteiger partial charge in [0.15, 0.2) is 6.73 Å². The molecule has 1 aromatic carbocycles. The van der Waals surface area contributed by atoms with Gasteiger partial charge in [0.25, 0.3) is 5.91 Å². The van der Waals surface area contributed by atoms with Crippen molar-refractivity contribution in [2.75, 3.05) is 6.54 Å². The third kappa shape index (κ3) is 3.72. The van der Waals surface area contributed by atoms with Gasteiger partial charge in [-0.2, -0.15) is 5.10 Å². The molecule has 6 heteroatoms. The lowest BCUT2D eigenvalue weighted by atomic mass is 10.3. The number of nitrogens with one attached hydrogen (secondary N) is 1. The van der Waals surface area contributed by atoms with Crippen LogP contribution in [-0.4, -0.2) is 22.2 Å². The summed E-state index contributed by atoms with van der Waals surface area (Å²) in [5.74, 6) is 0.464. The second-order valence-electron chi connectivity index (χ2n) is 3.83. The minimum absolute atomic E-state index is 0.191. The molecule has 0 saturated carbocycles. The summed E-state index contributed by atoms with van der Waals surface area (Å²) in [4.78, 5) is 11.5. The zero-order valence-electron chi connectivity index (χ0n) is 10.5. The number of carbonyl (C=O) groups is 1. The van der Waals surface area contributed by atoms with Crippen molar-refractivity contribution < 1.29 is 9.53 Å². The number of hydrogen-bond acceptors (Lipinski definition) is 3. The van der Waals surface area contributed by atoms with Crippen LogP contribution in [0.2, 0.25) is 5.02 Å². The largest absolute Gasteiger partial charge is 0.471 e. The first-order chi connectivity index (χ1) is 9.19. The summed E-state index contributed by atoms with van der Waals surface area (Å²) in [7, 11) is 0. The number of nitrogens with zero attached hydrogens (tertiary/aromatic N) is 2. The van der Waals surface area contributed by atoms with E-state index in [2.05, 4.69) is 10.4 Å². The third-order valence-electron chi connectivity index (χ3n) is 2.37. The highest BCUT2D eigenvalue weighted by Crippen LogP contribution is 2.17. The van der Waals surface area contributed by atoms with Gasteiger partial charge in [0, 0.05) is 17.8 Å². The Balaban J connectivity index is 1.95. The first-order valence-corrected chi connectivity index (χ1v) is 6.27. The molecule has 0 spiro atoms. The summed E-state index contributed by atoms with van der Waals surface area (Å²) in [6.45, 7) is 2.65. The number of benzene rings is 1. The van der Waals surface area contributed by atoms with Crippen molar-refractivity contribution in [1.29, 1.82) is 0 Å². The lowest BCUT2D eigenvalue weighted by Crippen LogP contribution is -2.23. The monoisotopic (exact) mass is 279 g/mol. The van der Waals surface area contributed by atoms with Crippen LogP contribution in [0.3, 0.4) is 0 Å². The van der Waals surface area contributed by atoms with E-state index in [-0.39, 0.29) is 12.6 Å². The minimum Gasteiger partial charge on any atom is -0.471 e. The summed E-state index contributed by atoms with van der Waals surface area (Å²) < 4.78 is 7.06. The number of aromatic nitrogens is 2. The van der Waals surface area contributed by atoms with Gasteiger partial charge in [-0.25, -0.2) is 4.68 Å². The maximum absolute atomic E-state index is 11.5. The highest BCUT2D eigenvalue weighted by atomic mass is 35.5. The standard InChI is InChI=1S/C13H14ClN3O2/c1-2-15-13(18)12-6-7-17(16-12)9-19-11-5-3-4-10(14)8-11/h3-8H,2,9H2,1H3,(H,15,18). The van der Waals surface area contributed by atoms with Crippen molar-refractivity contribution >= 4 is 17.5 Å². The van der Waals surface area contributed by atoms with Crippen molar-refractivity contribution in [1.82, 2.24) is 15.1 Å². The Morgan fingerprint density at radius 3 is 3.05 bits per heavy atom. The molecule has 0 aliphatic rings. The summed E-state index contributed by atoms with van der Waals surface area (Å²) in [6, 6.07) is 8.75. The molecular weight excluding hydrogens is 266 g/mol. The molecule has 1 aromatic heterocycles. The molecule has 0 radical (unpaired) electrons. The molecule has 5 nitrogen and oxygen atoms in total. The lowest BCUT2D eigenvalue weighted by molar-refractivity contribution is 0.0949. The Hall–Kier alpha value is -2.01. The van der Waals surface area contributed by atoms with Gasteiger partial charge in [-0.15, -0.1) is 0 Å². The number of rotatable bonds is 5. The maximum Gasteiger partial charge on any atom is 0.271 e. The van der Waals surface area contributed by atoms with Crippen molar-refractivity contribution in [2.45, 2.75) is 13.7 Å². The minimum atomic E-state index is -0.191. The fraction of sp³-hybridized carbons (Fsp3) is 0.231. The van der Waals surface area contributed by atoms with E-state index in [1.54, 1.807) is 41.2 Å². The lowest BCUT2D eigenvalue weighted by Gasteiger charge is -2.06. The Labute approximate surface area is 116 Å². The Morgan fingerprint density at radius 2 is 2.32 bits per heavy atom. The molecule has 2 rings (SSSR count). The highest BCUT2D eigenvalue weighted by Gasteiger charge is 2.07. The van der Waals surface area contributed by atoms with Crippen LogP contribution in [-0.2, 0) is 6.73 Å². The molecule has 0 aliphatic carbocycles. The van der Waals surface area contributed by atoms with Crippen molar-refractivity contribution in [3.8, 4) is 5.75 Å². The summed E-state index contributed by atoms with van der Waals surface area (Å²) in [5, 5.41) is 7.41. The van der Waals surface area contributed by atoms with Crippen LogP contribution in [0.5, 0.6) is 5.75 Å². The second kappa shape index (κ2) is 6.24. The Kier molecular flexibility index (Phi) is 4.41. The van der Waals surface area contributed by atoms with E-state index in [1.807, 2.05) is 6.92 Å². The van der Waals surface area contributed by atoms with Gasteiger partial charge < -0.3 is 10.1 Å². The van der Waals surface area contributed by atoms with Gasteiger partial charge in [0.2, 0.25) is 0 Å². The zero-order chi connectivity index (χ0) is 13.7. The van der Waals surface area contributed by atoms with Gasteiger partial charge in [-0.05, 0) is 31.2 Å². The van der Waals surface area contributed by atoms with Gasteiger partial charge >= 0.3 is 0 Å². The van der Waals surface area contributed by atoms with E-state index < -0.39 is 0 Å². The number of amides is 1. The Morgan fingerprint density at radius 1 is 1.47 bits per heavy atom. The zero-order valence-corrected chi connectivity index (χ0v) is 11.2. The Bertz CT molecular complexity index is 569. The molecule has 2 aromatic rings. The SMILES string of the molecule is CCNC(=O)c1ccn(COc2cccc(Cl)c2)n1. The predicted octanol–water partition coefficient (Wildman–Crippen LogP) is 2.32. The molecule has 1 heterocycles. The third-order valence-corrected chi connectivity index (χ3v) is 2.61. The van der Waals surface area contributed by atoms with Crippen LogP contribution < -0.4 is 10.1 Å². The van der Waals surface area contributed by atoms with Crippen LogP contribution in [0.15, 0.2) is 36.5 Å². The van der Waals surface area contributed by atoms with E-state index in [9.17, 15) is 4.79 Å². The van der Waals surface area contributed by atoms with Crippen LogP contribution >= 0.6 is 11.6 Å². The molecule has 0 saturated heterocycles. The molecule has 0 bridgehead atoms. The number of ether oxygens (including phenoxy) is 1. The van der Waals surface area contributed by atoms with Crippen LogP contribution in [0.4, 0.5) is 0 Å². The van der Waals surface area contributed by atoms with Gasteiger partial charge in [-0.3, -0.25) is 4.79 Å². The van der Waals surface area contributed by atoms with E-state index in [0.29, 0.717) is 23.0 Å². The van der Waals surface area contributed by atoms with Gasteiger partial charge in [0.1, 0.15) is 11.4 Å². The van der Waals surface area contributed by atoms with Crippen molar-refractivity contribution in [3.63, 3.8) is 0 Å². The molecule has 0 aliphatic heterocycles. The number of halogens is 1. The molecule has 0 atom stereocenters. The first-order valence-electron chi connectivity index (χ1n) is 5.89. The van der Waals surface area contributed by atoms with Crippen molar-refractivity contribution in [2.24, 2.45) is 0 Å². The normalized spacial score (nSPS) is 10.2. The van der Waals surface area contributed by atoms with Crippen molar-refractivity contribution in [3.05, 3.63) is 47.2 Å². The van der Waals surface area contributed by atoms with Crippen LogP contribution in [0, 0.1) is 0 Å². The van der Waals surface area contributed by atoms with Crippen LogP contribution in [0.1, 0.15) is 17.4 Å². The molecule has 1 N–H and O–H groups in total. The maximum atomic E-state index is 11.5. The molecule has 100 valence electrons. The molecular formula is C13H14ClN3O2. The fourth-order valence-corrected chi connectivity index (χ4v) is 1.68. The molecule has 0 fully saturated rings. The first kappa shape index (κ1) is 13.4. The molecule has 1 amide bonds. The van der Waals surface area contributed by atoms with E-state index >= 15 is 0 Å². The highest BCUT2D eigenvalue weighted by molar-refractivity contribution is 6.30. The summed E-state index contributed by atoms with van der Waals surface area (Å²) >= 11 is 5.85. The number of carbonyl (C=O) groups excluding carboxylic acids is 1. The van der Waals surface area contributed by atoms with Gasteiger partial charge in [-0.1, -0.05) is 17.7 Å². The van der Waals surface area contributed by atoms with Gasteiger partial charge in [0.05, 0.1) is 0 Å². The topological polar surface area (TPSA) is 56.2 Å². The second-order valence-corrected chi connectivity index (χ2v) is 4.27. The quantitative estimate of drug-likeness (QED) is 0.914. The predicted molar refractivity (Wildman–Crippen MR) is 72.3 cm³/mol. The molecule has 19 heavy (non-hydrogen) atoms. The summed E-state index contributed by atoms with van der Waals surface area (Å²) in [5.41, 5.74) is 0.372. The van der Waals surface area contributed by atoms with Crippen LogP contribution in [0.25, 0.3) is 0 Å². The smallest absolute Gasteiger partial charge is 0.271 e. The fourth-order valence-electron chi connectivity index (χ4n) is 1.50. The van der Waals surface area contributed by atoms with E-state index in [4.69, 9.17) is 16.3 Å².